The van der Waals surface area contributed by atoms with Crippen molar-refractivity contribution in [2.75, 3.05) is 26.2 Å². The second kappa shape index (κ2) is 10.7. The van der Waals surface area contributed by atoms with Gasteiger partial charge >= 0.3 is 0 Å². The van der Waals surface area contributed by atoms with Crippen molar-refractivity contribution in [2.24, 2.45) is 11.1 Å². The molecule has 2 aliphatic rings. The smallest absolute Gasteiger partial charge is 0.229 e. The number of piperidine rings is 1. The molecule has 0 bridgehead atoms. The minimum absolute atomic E-state index is 0. The van der Waals surface area contributed by atoms with E-state index in [1.165, 1.54) is 5.56 Å². The zero-order chi connectivity index (χ0) is 21.1. The molecule has 2 aromatic rings. The first kappa shape index (κ1) is 24.5. The third-order valence-electron chi connectivity index (χ3n) is 6.73. The highest BCUT2D eigenvalue weighted by atomic mass is 79.9. The Labute approximate surface area is 204 Å². The minimum atomic E-state index is -0.152. The molecule has 0 radical (unpaired) electrons. The molecule has 0 aliphatic carbocycles. The highest BCUT2D eigenvalue weighted by molar-refractivity contribution is 9.10. The van der Waals surface area contributed by atoms with E-state index in [1.807, 2.05) is 41.3 Å². The molecule has 0 saturated carbocycles. The summed E-state index contributed by atoms with van der Waals surface area (Å²) in [5.41, 5.74) is 8.50. The number of benzene rings is 2. The standard InChI is InChI=1S/C24H29BrClN3O.ClH/c25-20-6-4-18(5-7-20)17-29-15-11-24(23(29)30)9-13-28(14-10-24)12-8-22(27)19-2-1-3-21(26)16-19;/h1-7,16,22H,8-15,17,27H2;1H. The van der Waals surface area contributed by atoms with Gasteiger partial charge in [-0.2, -0.15) is 0 Å². The summed E-state index contributed by atoms with van der Waals surface area (Å²) in [4.78, 5) is 17.7. The first-order valence-corrected chi connectivity index (χ1v) is 11.9. The van der Waals surface area contributed by atoms with E-state index >= 15 is 0 Å². The summed E-state index contributed by atoms with van der Waals surface area (Å²) in [7, 11) is 0. The number of nitrogens with zero attached hydrogens (tertiary/aromatic N) is 2. The highest BCUT2D eigenvalue weighted by Gasteiger charge is 2.47. The number of carbonyl (C=O) groups excluding carboxylic acids is 1. The maximum Gasteiger partial charge on any atom is 0.229 e. The van der Waals surface area contributed by atoms with Crippen LogP contribution in [0.25, 0.3) is 0 Å². The SMILES string of the molecule is Cl.NC(CCN1CCC2(CC1)CCN(Cc1ccc(Br)cc1)C2=O)c1cccc(Cl)c1. The van der Waals surface area contributed by atoms with Crippen LogP contribution in [0, 0.1) is 5.41 Å². The van der Waals surface area contributed by atoms with Crippen LogP contribution >= 0.6 is 39.9 Å². The van der Waals surface area contributed by atoms with Gasteiger partial charge in [0.25, 0.3) is 0 Å². The van der Waals surface area contributed by atoms with Crippen LogP contribution in [0.5, 0.6) is 0 Å². The molecule has 168 valence electrons. The van der Waals surface area contributed by atoms with E-state index in [4.69, 9.17) is 17.3 Å². The lowest BCUT2D eigenvalue weighted by atomic mass is 9.77. The van der Waals surface area contributed by atoms with Crippen molar-refractivity contribution in [2.45, 2.75) is 38.3 Å². The molecule has 2 fully saturated rings. The average Bonchev–Trinajstić information content (AvgIpc) is 3.04. The summed E-state index contributed by atoms with van der Waals surface area (Å²) in [6.45, 7) is 4.49. The third kappa shape index (κ3) is 5.82. The summed E-state index contributed by atoms with van der Waals surface area (Å²) < 4.78 is 1.07. The summed E-state index contributed by atoms with van der Waals surface area (Å²) in [5.74, 6) is 0.348. The molecule has 0 aromatic heterocycles. The molecule has 2 aromatic carbocycles. The second-order valence-electron chi connectivity index (χ2n) is 8.68. The van der Waals surface area contributed by atoms with Gasteiger partial charge in [-0.1, -0.05) is 51.8 Å². The predicted octanol–water partition coefficient (Wildman–Crippen LogP) is 5.43. The van der Waals surface area contributed by atoms with E-state index < -0.39 is 0 Å². The first-order valence-electron chi connectivity index (χ1n) is 10.7. The molecule has 2 aliphatic heterocycles. The summed E-state index contributed by atoms with van der Waals surface area (Å²) in [5, 5.41) is 0.732. The van der Waals surface area contributed by atoms with Crippen LogP contribution in [0.1, 0.15) is 42.9 Å². The fourth-order valence-corrected chi connectivity index (χ4v) is 5.21. The Hall–Kier alpha value is -1.11. The first-order chi connectivity index (χ1) is 14.4. The fourth-order valence-electron chi connectivity index (χ4n) is 4.75. The van der Waals surface area contributed by atoms with Gasteiger partial charge in [0, 0.05) is 28.6 Å². The van der Waals surface area contributed by atoms with E-state index in [9.17, 15) is 4.79 Å². The van der Waals surface area contributed by atoms with Crippen LogP contribution in [0.3, 0.4) is 0 Å². The van der Waals surface area contributed by atoms with Crippen LogP contribution in [-0.2, 0) is 11.3 Å². The second-order valence-corrected chi connectivity index (χ2v) is 10.0. The Morgan fingerprint density at radius 1 is 1.06 bits per heavy atom. The lowest BCUT2D eigenvalue weighted by molar-refractivity contribution is -0.138. The molecule has 2 N–H and O–H groups in total. The van der Waals surface area contributed by atoms with Crippen LogP contribution < -0.4 is 5.73 Å². The van der Waals surface area contributed by atoms with Crippen molar-refractivity contribution < 1.29 is 4.79 Å². The Morgan fingerprint density at radius 2 is 1.74 bits per heavy atom. The number of amides is 1. The van der Waals surface area contributed by atoms with Gasteiger partial charge < -0.3 is 15.5 Å². The van der Waals surface area contributed by atoms with Crippen molar-refractivity contribution in [1.29, 1.82) is 0 Å². The number of rotatable bonds is 6. The van der Waals surface area contributed by atoms with E-state index in [1.54, 1.807) is 0 Å². The van der Waals surface area contributed by atoms with Crippen molar-refractivity contribution in [3.05, 3.63) is 69.2 Å². The van der Waals surface area contributed by atoms with Gasteiger partial charge in [-0.3, -0.25) is 4.79 Å². The topological polar surface area (TPSA) is 49.6 Å². The lowest BCUT2D eigenvalue weighted by Gasteiger charge is -2.38. The fraction of sp³-hybridized carbons (Fsp3) is 0.458. The number of likely N-dealkylation sites (tertiary alicyclic amines) is 2. The monoisotopic (exact) mass is 525 g/mol. The van der Waals surface area contributed by atoms with Gasteiger partial charge in [0.2, 0.25) is 5.91 Å². The number of hydrogen-bond acceptors (Lipinski definition) is 3. The number of halogens is 3. The molecule has 1 spiro atoms. The van der Waals surface area contributed by atoms with E-state index in [-0.39, 0.29) is 23.9 Å². The highest BCUT2D eigenvalue weighted by Crippen LogP contribution is 2.42. The van der Waals surface area contributed by atoms with Crippen molar-refractivity contribution >= 4 is 45.8 Å². The quantitative estimate of drug-likeness (QED) is 0.546. The van der Waals surface area contributed by atoms with Gasteiger partial charge in [-0.05, 0) is 80.7 Å². The number of carbonyl (C=O) groups is 1. The van der Waals surface area contributed by atoms with Gasteiger partial charge in [0.1, 0.15) is 0 Å². The van der Waals surface area contributed by atoms with Crippen LogP contribution in [0.2, 0.25) is 5.02 Å². The normalized spacial score (nSPS) is 19.5. The molecular formula is C24H30BrCl2N3O. The van der Waals surface area contributed by atoms with Crippen LogP contribution in [0.15, 0.2) is 53.0 Å². The molecule has 2 heterocycles. The molecule has 2 saturated heterocycles. The van der Waals surface area contributed by atoms with Gasteiger partial charge in [0.15, 0.2) is 0 Å². The largest absolute Gasteiger partial charge is 0.338 e. The Bertz CT molecular complexity index is 885. The van der Waals surface area contributed by atoms with Gasteiger partial charge in [-0.25, -0.2) is 0 Å². The van der Waals surface area contributed by atoms with Crippen molar-refractivity contribution in [3.8, 4) is 0 Å². The molecule has 7 heteroatoms. The molecule has 1 unspecified atom stereocenters. The Morgan fingerprint density at radius 3 is 2.42 bits per heavy atom. The van der Waals surface area contributed by atoms with Gasteiger partial charge in [0.05, 0.1) is 5.41 Å². The minimum Gasteiger partial charge on any atom is -0.338 e. The van der Waals surface area contributed by atoms with E-state index in [0.717, 1.165) is 66.9 Å². The predicted molar refractivity (Wildman–Crippen MR) is 133 cm³/mol. The summed E-state index contributed by atoms with van der Waals surface area (Å²) in [6, 6.07) is 16.1. The van der Waals surface area contributed by atoms with Crippen LogP contribution in [0.4, 0.5) is 0 Å². The summed E-state index contributed by atoms with van der Waals surface area (Å²) >= 11 is 9.56. The Balaban J connectivity index is 0.00000272. The van der Waals surface area contributed by atoms with Crippen molar-refractivity contribution in [1.82, 2.24) is 9.80 Å². The molecule has 31 heavy (non-hydrogen) atoms. The number of hydrogen-bond donors (Lipinski definition) is 1. The van der Waals surface area contributed by atoms with Crippen LogP contribution in [-0.4, -0.2) is 41.9 Å². The zero-order valence-corrected chi connectivity index (χ0v) is 20.8. The maximum atomic E-state index is 13.2. The maximum absolute atomic E-state index is 13.2. The van der Waals surface area contributed by atoms with E-state index in [2.05, 4.69) is 33.0 Å². The lowest BCUT2D eigenvalue weighted by Crippen LogP contribution is -2.45. The average molecular weight is 527 g/mol. The third-order valence-corrected chi connectivity index (χ3v) is 7.50. The molecule has 1 atom stereocenters. The van der Waals surface area contributed by atoms with Crippen molar-refractivity contribution in [3.63, 3.8) is 0 Å². The van der Waals surface area contributed by atoms with Gasteiger partial charge in [-0.15, -0.1) is 12.4 Å². The number of nitrogens with two attached hydrogens (primary N) is 1. The molecule has 1 amide bonds. The van der Waals surface area contributed by atoms with E-state index in [0.29, 0.717) is 12.5 Å². The Kier molecular flexibility index (Phi) is 8.44. The zero-order valence-electron chi connectivity index (χ0n) is 17.6. The molecule has 4 rings (SSSR count). The summed E-state index contributed by atoms with van der Waals surface area (Å²) in [6.07, 6.45) is 3.79. The molecule has 4 nitrogen and oxygen atoms in total. The molecular weight excluding hydrogens is 497 g/mol.